The van der Waals surface area contributed by atoms with Crippen LogP contribution >= 0.6 is 23.2 Å². The fraction of sp³-hybridized carbons (Fsp3) is 0.375. The van der Waals surface area contributed by atoms with Gasteiger partial charge in [0.2, 0.25) is 0 Å². The maximum absolute atomic E-state index is 12.0. The van der Waals surface area contributed by atoms with Crippen molar-refractivity contribution in [3.8, 4) is 5.69 Å². The predicted octanol–water partition coefficient (Wildman–Crippen LogP) is 4.65. The van der Waals surface area contributed by atoms with Crippen LogP contribution in [-0.4, -0.2) is 22.4 Å². The lowest BCUT2D eigenvalue weighted by Gasteiger charge is -2.20. The fourth-order valence-electron chi connectivity index (χ4n) is 2.06. The minimum atomic E-state index is -0.447. The SMILES string of the molecule is CCOC(=O)c1cc(C(C)(C)C)n(-c2ccc(Cl)cc2Cl)n1. The Morgan fingerprint density at radius 3 is 2.50 bits per heavy atom. The molecule has 0 saturated carbocycles. The molecule has 1 aromatic carbocycles. The largest absolute Gasteiger partial charge is 0.461 e. The molecule has 2 rings (SSSR count). The number of ether oxygens (including phenoxy) is 1. The summed E-state index contributed by atoms with van der Waals surface area (Å²) in [5.74, 6) is -0.447. The van der Waals surface area contributed by atoms with E-state index in [1.54, 1.807) is 35.9 Å². The van der Waals surface area contributed by atoms with Crippen molar-refractivity contribution in [2.75, 3.05) is 6.61 Å². The molecule has 0 amide bonds. The Hall–Kier alpha value is -1.52. The topological polar surface area (TPSA) is 44.1 Å². The molecule has 0 fully saturated rings. The number of halogens is 2. The molecule has 118 valence electrons. The number of rotatable bonds is 3. The van der Waals surface area contributed by atoms with E-state index in [4.69, 9.17) is 27.9 Å². The van der Waals surface area contributed by atoms with Gasteiger partial charge in [-0.05, 0) is 31.2 Å². The van der Waals surface area contributed by atoms with E-state index in [2.05, 4.69) is 5.10 Å². The summed E-state index contributed by atoms with van der Waals surface area (Å²) in [6.07, 6.45) is 0. The first kappa shape index (κ1) is 16.8. The van der Waals surface area contributed by atoms with E-state index < -0.39 is 5.97 Å². The van der Waals surface area contributed by atoms with Crippen LogP contribution in [0.25, 0.3) is 5.69 Å². The molecule has 0 N–H and O–H groups in total. The minimum absolute atomic E-state index is 0.222. The van der Waals surface area contributed by atoms with Gasteiger partial charge in [-0.2, -0.15) is 5.10 Å². The zero-order valence-electron chi connectivity index (χ0n) is 13.0. The Morgan fingerprint density at radius 2 is 1.95 bits per heavy atom. The van der Waals surface area contributed by atoms with E-state index in [0.29, 0.717) is 22.3 Å². The molecule has 0 aliphatic heterocycles. The third kappa shape index (κ3) is 3.45. The average Bonchev–Trinajstić information content (AvgIpc) is 2.84. The van der Waals surface area contributed by atoms with Crippen LogP contribution in [0.4, 0.5) is 0 Å². The third-order valence-electron chi connectivity index (χ3n) is 3.10. The van der Waals surface area contributed by atoms with E-state index in [1.165, 1.54) is 0 Å². The van der Waals surface area contributed by atoms with Gasteiger partial charge in [-0.3, -0.25) is 0 Å². The van der Waals surface area contributed by atoms with Crippen LogP contribution in [-0.2, 0) is 10.2 Å². The van der Waals surface area contributed by atoms with E-state index in [1.807, 2.05) is 20.8 Å². The quantitative estimate of drug-likeness (QED) is 0.763. The second-order valence-corrected chi connectivity index (χ2v) is 6.74. The number of esters is 1. The van der Waals surface area contributed by atoms with Crippen molar-refractivity contribution < 1.29 is 9.53 Å². The zero-order valence-corrected chi connectivity index (χ0v) is 14.5. The molecule has 0 aliphatic rings. The van der Waals surface area contributed by atoms with Gasteiger partial charge in [0.05, 0.1) is 23.0 Å². The van der Waals surface area contributed by atoms with E-state index in [0.717, 1.165) is 5.69 Å². The summed E-state index contributed by atoms with van der Waals surface area (Å²) in [6, 6.07) is 6.91. The third-order valence-corrected chi connectivity index (χ3v) is 3.64. The highest BCUT2D eigenvalue weighted by Gasteiger charge is 2.25. The number of nitrogens with zero attached hydrogens (tertiary/aromatic N) is 2. The lowest BCUT2D eigenvalue weighted by Crippen LogP contribution is -2.17. The summed E-state index contributed by atoms with van der Waals surface area (Å²) in [5, 5.41) is 5.38. The number of hydrogen-bond acceptors (Lipinski definition) is 3. The monoisotopic (exact) mass is 340 g/mol. The molecule has 1 heterocycles. The minimum Gasteiger partial charge on any atom is -0.461 e. The van der Waals surface area contributed by atoms with E-state index >= 15 is 0 Å². The average molecular weight is 341 g/mol. The molecule has 0 radical (unpaired) electrons. The molecule has 0 aliphatic carbocycles. The van der Waals surface area contributed by atoms with Gasteiger partial charge < -0.3 is 4.74 Å². The van der Waals surface area contributed by atoms with Crippen LogP contribution in [0.5, 0.6) is 0 Å². The molecule has 4 nitrogen and oxygen atoms in total. The molecule has 0 saturated heterocycles. The first-order valence-corrected chi connectivity index (χ1v) is 7.72. The van der Waals surface area contributed by atoms with Crippen molar-refractivity contribution >= 4 is 29.2 Å². The summed E-state index contributed by atoms with van der Waals surface area (Å²) in [7, 11) is 0. The van der Waals surface area contributed by atoms with Crippen molar-refractivity contribution in [1.29, 1.82) is 0 Å². The van der Waals surface area contributed by atoms with E-state index in [-0.39, 0.29) is 11.1 Å². The van der Waals surface area contributed by atoms with Crippen molar-refractivity contribution in [1.82, 2.24) is 9.78 Å². The highest BCUT2D eigenvalue weighted by molar-refractivity contribution is 6.35. The highest BCUT2D eigenvalue weighted by atomic mass is 35.5. The van der Waals surface area contributed by atoms with Gasteiger partial charge in [0.25, 0.3) is 0 Å². The number of hydrogen-bond donors (Lipinski definition) is 0. The van der Waals surface area contributed by atoms with Crippen LogP contribution in [0, 0.1) is 0 Å². The predicted molar refractivity (Wildman–Crippen MR) is 88.2 cm³/mol. The van der Waals surface area contributed by atoms with Gasteiger partial charge in [0.15, 0.2) is 5.69 Å². The van der Waals surface area contributed by atoms with Crippen molar-refractivity contribution in [2.24, 2.45) is 0 Å². The zero-order chi connectivity index (χ0) is 16.5. The lowest BCUT2D eigenvalue weighted by molar-refractivity contribution is 0.0519. The van der Waals surface area contributed by atoms with Gasteiger partial charge in [0.1, 0.15) is 0 Å². The first-order valence-electron chi connectivity index (χ1n) is 6.97. The maximum Gasteiger partial charge on any atom is 0.358 e. The van der Waals surface area contributed by atoms with Crippen LogP contribution < -0.4 is 0 Å². The van der Waals surface area contributed by atoms with Crippen LogP contribution in [0.15, 0.2) is 24.3 Å². The summed E-state index contributed by atoms with van der Waals surface area (Å²) >= 11 is 12.2. The van der Waals surface area contributed by atoms with Crippen LogP contribution in [0.2, 0.25) is 10.0 Å². The van der Waals surface area contributed by atoms with Crippen LogP contribution in [0.3, 0.4) is 0 Å². The maximum atomic E-state index is 12.0. The summed E-state index contributed by atoms with van der Waals surface area (Å²) in [4.78, 5) is 12.0. The number of carbonyl (C=O) groups is 1. The van der Waals surface area contributed by atoms with Gasteiger partial charge in [-0.25, -0.2) is 9.48 Å². The molecule has 0 atom stereocenters. The molecular formula is C16H18Cl2N2O2. The molecule has 6 heteroatoms. The fourth-order valence-corrected chi connectivity index (χ4v) is 2.55. The van der Waals surface area contributed by atoms with Gasteiger partial charge in [-0.1, -0.05) is 44.0 Å². The second-order valence-electron chi connectivity index (χ2n) is 5.89. The molecule has 1 aromatic heterocycles. The number of benzene rings is 1. The lowest BCUT2D eigenvalue weighted by atomic mass is 9.91. The van der Waals surface area contributed by atoms with Crippen LogP contribution in [0.1, 0.15) is 43.9 Å². The number of aromatic nitrogens is 2. The van der Waals surface area contributed by atoms with Gasteiger partial charge >= 0.3 is 5.97 Å². The Balaban J connectivity index is 2.60. The summed E-state index contributed by atoms with van der Waals surface area (Å²) < 4.78 is 6.70. The molecule has 2 aromatic rings. The number of carbonyl (C=O) groups excluding carboxylic acids is 1. The Morgan fingerprint density at radius 1 is 1.27 bits per heavy atom. The molecule has 0 spiro atoms. The summed E-state index contributed by atoms with van der Waals surface area (Å²) in [5.41, 5.74) is 1.57. The molecule has 0 bridgehead atoms. The Labute approximate surface area is 140 Å². The van der Waals surface area contributed by atoms with Crippen molar-refractivity contribution in [2.45, 2.75) is 33.1 Å². The van der Waals surface area contributed by atoms with Gasteiger partial charge in [0, 0.05) is 10.4 Å². The first-order chi connectivity index (χ1) is 10.2. The van der Waals surface area contributed by atoms with Crippen molar-refractivity contribution in [3.05, 3.63) is 45.7 Å². The molecule has 22 heavy (non-hydrogen) atoms. The smallest absolute Gasteiger partial charge is 0.358 e. The molecule has 0 unspecified atom stereocenters. The normalized spacial score (nSPS) is 11.5. The van der Waals surface area contributed by atoms with Gasteiger partial charge in [-0.15, -0.1) is 0 Å². The Bertz CT molecular complexity index is 703. The second kappa shape index (κ2) is 6.31. The van der Waals surface area contributed by atoms with Crippen molar-refractivity contribution in [3.63, 3.8) is 0 Å². The van der Waals surface area contributed by atoms with E-state index in [9.17, 15) is 4.79 Å². The standard InChI is InChI=1S/C16H18Cl2N2O2/c1-5-22-15(21)12-9-14(16(2,3)4)20(19-12)13-7-6-10(17)8-11(13)18/h6-9H,5H2,1-4H3. The Kier molecular flexibility index (Phi) is 4.83. The summed E-state index contributed by atoms with van der Waals surface area (Å²) in [6.45, 7) is 8.19. The molecular weight excluding hydrogens is 323 g/mol. The highest BCUT2D eigenvalue weighted by Crippen LogP contribution is 2.30.